The zero-order chi connectivity index (χ0) is 13.8. The first-order valence-electron chi connectivity index (χ1n) is 6.90. The molecule has 1 aromatic rings. The number of rotatable bonds is 4. The molecule has 1 aliphatic heterocycles. The molecule has 0 radical (unpaired) electrons. The van der Waals surface area contributed by atoms with Gasteiger partial charge in [0.1, 0.15) is 0 Å². The molecule has 1 saturated heterocycles. The molecule has 0 saturated carbocycles. The zero-order valence-electron chi connectivity index (χ0n) is 11.6. The number of aliphatic carboxylic acids is 1. The number of carboxylic acids is 1. The predicted octanol–water partition coefficient (Wildman–Crippen LogP) is 3.47. The Morgan fingerprint density at radius 2 is 2.32 bits per heavy atom. The molecule has 1 heterocycles. The third-order valence-electron chi connectivity index (χ3n) is 3.80. The van der Waals surface area contributed by atoms with Crippen molar-refractivity contribution in [3.05, 3.63) is 35.4 Å². The molecule has 0 aromatic heterocycles. The lowest BCUT2D eigenvalue weighted by atomic mass is 10.1. The largest absolute Gasteiger partial charge is 0.478 e. The number of nitrogens with zero attached hydrogens (tertiary/aromatic N) is 1. The fourth-order valence-electron chi connectivity index (χ4n) is 2.85. The number of hydrogen-bond acceptors (Lipinski definition) is 2. The Bertz CT molecular complexity index is 494. The topological polar surface area (TPSA) is 40.5 Å². The van der Waals surface area contributed by atoms with Gasteiger partial charge in [0.25, 0.3) is 0 Å². The number of anilines is 1. The molecule has 3 nitrogen and oxygen atoms in total. The van der Waals surface area contributed by atoms with Gasteiger partial charge in [-0.15, -0.1) is 0 Å². The van der Waals surface area contributed by atoms with E-state index in [1.807, 2.05) is 6.07 Å². The van der Waals surface area contributed by atoms with Crippen LogP contribution in [0.2, 0.25) is 0 Å². The first kappa shape index (κ1) is 13.7. The maximum atomic E-state index is 10.5. The third-order valence-corrected chi connectivity index (χ3v) is 3.80. The summed E-state index contributed by atoms with van der Waals surface area (Å²) in [5, 5.41) is 8.64. The molecule has 3 heteroatoms. The Hall–Kier alpha value is -1.77. The molecule has 1 atom stereocenters. The van der Waals surface area contributed by atoms with Crippen molar-refractivity contribution >= 4 is 17.7 Å². The first-order valence-corrected chi connectivity index (χ1v) is 6.90. The summed E-state index contributed by atoms with van der Waals surface area (Å²) in [4.78, 5) is 13.0. The maximum absolute atomic E-state index is 10.5. The molecule has 0 spiro atoms. The Balaban J connectivity index is 2.22. The van der Waals surface area contributed by atoms with Crippen molar-refractivity contribution in [2.75, 3.05) is 11.4 Å². The van der Waals surface area contributed by atoms with Crippen LogP contribution in [0.5, 0.6) is 0 Å². The number of carbonyl (C=O) groups is 1. The van der Waals surface area contributed by atoms with Crippen LogP contribution >= 0.6 is 0 Å². The Kier molecular flexibility index (Phi) is 4.25. The molecule has 1 fully saturated rings. The van der Waals surface area contributed by atoms with Gasteiger partial charge in [-0.05, 0) is 55.5 Å². The summed E-state index contributed by atoms with van der Waals surface area (Å²) < 4.78 is 0. The van der Waals surface area contributed by atoms with Crippen LogP contribution in [0.3, 0.4) is 0 Å². The van der Waals surface area contributed by atoms with E-state index in [0.717, 1.165) is 12.1 Å². The van der Waals surface area contributed by atoms with Crippen molar-refractivity contribution in [1.29, 1.82) is 0 Å². The highest BCUT2D eigenvalue weighted by atomic mass is 16.4. The number of aryl methyl sites for hydroxylation is 1. The summed E-state index contributed by atoms with van der Waals surface area (Å²) in [5.74, 6) is -0.910. The smallest absolute Gasteiger partial charge is 0.328 e. The molecule has 1 aromatic carbocycles. The van der Waals surface area contributed by atoms with Crippen molar-refractivity contribution in [2.24, 2.45) is 0 Å². The van der Waals surface area contributed by atoms with Crippen LogP contribution in [0.4, 0.5) is 5.69 Å². The Morgan fingerprint density at radius 1 is 1.53 bits per heavy atom. The van der Waals surface area contributed by atoms with Crippen LogP contribution in [0.1, 0.15) is 37.3 Å². The highest BCUT2D eigenvalue weighted by Gasteiger charge is 2.23. The summed E-state index contributed by atoms with van der Waals surface area (Å²) >= 11 is 0. The van der Waals surface area contributed by atoms with E-state index in [2.05, 4.69) is 30.9 Å². The summed E-state index contributed by atoms with van der Waals surface area (Å²) in [6, 6.07) is 6.82. The van der Waals surface area contributed by atoms with Crippen molar-refractivity contribution in [3.8, 4) is 0 Å². The lowest BCUT2D eigenvalue weighted by Gasteiger charge is -2.27. The van der Waals surface area contributed by atoms with Gasteiger partial charge >= 0.3 is 5.97 Å². The van der Waals surface area contributed by atoms with Crippen LogP contribution in [0.15, 0.2) is 24.3 Å². The summed E-state index contributed by atoms with van der Waals surface area (Å²) in [7, 11) is 0. The molecular formula is C16H21NO2. The minimum Gasteiger partial charge on any atom is -0.478 e. The quantitative estimate of drug-likeness (QED) is 0.842. The fourth-order valence-corrected chi connectivity index (χ4v) is 2.85. The molecule has 102 valence electrons. The summed E-state index contributed by atoms with van der Waals surface area (Å²) in [5.41, 5.74) is 3.45. The van der Waals surface area contributed by atoms with E-state index in [1.165, 1.54) is 36.6 Å². The number of carboxylic acid groups (broad SMARTS) is 1. The molecule has 1 N–H and O–H groups in total. The molecule has 1 aliphatic rings. The Labute approximate surface area is 114 Å². The fraction of sp³-hybridized carbons (Fsp3) is 0.438. The van der Waals surface area contributed by atoms with Crippen LogP contribution in [0.25, 0.3) is 6.08 Å². The van der Waals surface area contributed by atoms with Crippen LogP contribution < -0.4 is 4.90 Å². The van der Waals surface area contributed by atoms with Gasteiger partial charge in [-0.25, -0.2) is 4.79 Å². The Morgan fingerprint density at radius 3 is 2.95 bits per heavy atom. The highest BCUT2D eigenvalue weighted by molar-refractivity contribution is 5.85. The minimum atomic E-state index is -0.910. The van der Waals surface area contributed by atoms with E-state index in [9.17, 15) is 4.79 Å². The van der Waals surface area contributed by atoms with Gasteiger partial charge in [-0.3, -0.25) is 0 Å². The molecule has 0 bridgehead atoms. The lowest BCUT2D eigenvalue weighted by molar-refractivity contribution is -0.131. The van der Waals surface area contributed by atoms with Gasteiger partial charge < -0.3 is 10.0 Å². The molecule has 0 aliphatic carbocycles. The van der Waals surface area contributed by atoms with Crippen LogP contribution in [-0.2, 0) is 4.79 Å². The standard InChI is InChI=1S/C16H21NO2/c1-3-14-5-4-10-17(14)15-8-6-13(11-12(15)2)7-9-16(18)19/h6-9,11,14H,3-5,10H2,1-2H3,(H,18,19). The molecular weight excluding hydrogens is 238 g/mol. The van der Waals surface area contributed by atoms with E-state index in [0.29, 0.717) is 6.04 Å². The van der Waals surface area contributed by atoms with E-state index >= 15 is 0 Å². The summed E-state index contributed by atoms with van der Waals surface area (Å²) in [6.07, 6.45) is 6.54. The van der Waals surface area contributed by atoms with Crippen molar-refractivity contribution in [2.45, 2.75) is 39.2 Å². The normalized spacial score (nSPS) is 19.3. The highest BCUT2D eigenvalue weighted by Crippen LogP contribution is 2.30. The monoisotopic (exact) mass is 259 g/mol. The molecule has 19 heavy (non-hydrogen) atoms. The predicted molar refractivity (Wildman–Crippen MR) is 78.5 cm³/mol. The lowest BCUT2D eigenvalue weighted by Crippen LogP contribution is -2.28. The second-order valence-electron chi connectivity index (χ2n) is 5.12. The average molecular weight is 259 g/mol. The average Bonchev–Trinajstić information content (AvgIpc) is 2.84. The van der Waals surface area contributed by atoms with Crippen molar-refractivity contribution < 1.29 is 9.90 Å². The first-order chi connectivity index (χ1) is 9.11. The van der Waals surface area contributed by atoms with Crippen molar-refractivity contribution in [3.63, 3.8) is 0 Å². The number of hydrogen-bond donors (Lipinski definition) is 1. The second kappa shape index (κ2) is 5.91. The van der Waals surface area contributed by atoms with Gasteiger partial charge in [0.15, 0.2) is 0 Å². The number of benzene rings is 1. The van der Waals surface area contributed by atoms with Gasteiger partial charge in [-0.1, -0.05) is 13.0 Å². The van der Waals surface area contributed by atoms with E-state index < -0.39 is 5.97 Å². The zero-order valence-corrected chi connectivity index (χ0v) is 11.6. The molecule has 1 unspecified atom stereocenters. The van der Waals surface area contributed by atoms with E-state index in [4.69, 9.17) is 5.11 Å². The molecule has 0 amide bonds. The SMILES string of the molecule is CCC1CCCN1c1ccc(C=CC(=O)O)cc1C. The van der Waals surface area contributed by atoms with Crippen LogP contribution in [-0.4, -0.2) is 23.7 Å². The molecule has 2 rings (SSSR count). The summed E-state index contributed by atoms with van der Waals surface area (Å²) in [6.45, 7) is 5.46. The van der Waals surface area contributed by atoms with Crippen LogP contribution in [0, 0.1) is 6.92 Å². The van der Waals surface area contributed by atoms with E-state index in [1.54, 1.807) is 6.08 Å². The van der Waals surface area contributed by atoms with Gasteiger partial charge in [-0.2, -0.15) is 0 Å². The minimum absolute atomic E-state index is 0.652. The van der Waals surface area contributed by atoms with Gasteiger partial charge in [0, 0.05) is 24.4 Å². The van der Waals surface area contributed by atoms with E-state index in [-0.39, 0.29) is 0 Å². The third kappa shape index (κ3) is 3.16. The second-order valence-corrected chi connectivity index (χ2v) is 5.12. The van der Waals surface area contributed by atoms with Gasteiger partial charge in [0.2, 0.25) is 0 Å². The van der Waals surface area contributed by atoms with Crippen molar-refractivity contribution in [1.82, 2.24) is 0 Å². The maximum Gasteiger partial charge on any atom is 0.328 e. The van der Waals surface area contributed by atoms with Gasteiger partial charge in [0.05, 0.1) is 0 Å².